The zero-order valence-corrected chi connectivity index (χ0v) is 14.5. The van der Waals surface area contributed by atoms with Gasteiger partial charge >= 0.3 is 5.97 Å². The molecule has 1 heterocycles. The number of benzene rings is 2. The van der Waals surface area contributed by atoms with E-state index in [2.05, 4.69) is 16.4 Å². The van der Waals surface area contributed by atoms with Crippen LogP contribution in [0.2, 0.25) is 0 Å². The Balaban J connectivity index is 1.41. The smallest absolute Gasteiger partial charge is 0.355 e. The molecule has 1 atom stereocenters. The van der Waals surface area contributed by atoms with Crippen molar-refractivity contribution >= 4 is 28.5 Å². The summed E-state index contributed by atoms with van der Waals surface area (Å²) in [5, 5.41) is 3.75. The fourth-order valence-electron chi connectivity index (χ4n) is 3.35. The summed E-state index contributed by atoms with van der Waals surface area (Å²) < 4.78 is 5.31. The molecule has 1 aliphatic rings. The van der Waals surface area contributed by atoms with Crippen molar-refractivity contribution in [3.63, 3.8) is 0 Å². The average molecular weight is 348 g/mol. The second kappa shape index (κ2) is 6.67. The standard InChI is InChI=1S/C21H20N2O3/c1-13(20(24)22-17-10-9-14-6-4-7-15(14)11-17)26-21(25)19-12-16-5-2-3-8-18(16)23-19/h2-3,5,8-13,23H,4,6-7H2,1H3,(H,22,24)/t13-/m0/s1. The number of para-hydroxylation sites is 1. The molecular weight excluding hydrogens is 328 g/mol. The Bertz CT molecular complexity index is 957. The van der Waals surface area contributed by atoms with E-state index < -0.39 is 12.1 Å². The molecule has 0 saturated heterocycles. The minimum Gasteiger partial charge on any atom is -0.448 e. The molecule has 2 N–H and O–H groups in total. The summed E-state index contributed by atoms with van der Waals surface area (Å²) in [5.41, 5.74) is 4.56. The maximum atomic E-state index is 12.4. The molecular formula is C21H20N2O3. The van der Waals surface area contributed by atoms with E-state index in [9.17, 15) is 9.59 Å². The Hall–Kier alpha value is -3.08. The molecule has 0 radical (unpaired) electrons. The molecule has 4 rings (SSSR count). The molecule has 0 fully saturated rings. The number of fused-ring (bicyclic) bond motifs is 2. The lowest BCUT2D eigenvalue weighted by atomic mass is 10.1. The molecule has 26 heavy (non-hydrogen) atoms. The highest BCUT2D eigenvalue weighted by molar-refractivity contribution is 5.98. The average Bonchev–Trinajstić information content (AvgIpc) is 3.27. The van der Waals surface area contributed by atoms with Gasteiger partial charge in [0, 0.05) is 16.6 Å². The Morgan fingerprint density at radius 3 is 2.73 bits per heavy atom. The highest BCUT2D eigenvalue weighted by atomic mass is 16.5. The van der Waals surface area contributed by atoms with E-state index >= 15 is 0 Å². The topological polar surface area (TPSA) is 71.2 Å². The lowest BCUT2D eigenvalue weighted by molar-refractivity contribution is -0.123. The van der Waals surface area contributed by atoms with Gasteiger partial charge in [-0.2, -0.15) is 0 Å². The number of rotatable bonds is 4. The van der Waals surface area contributed by atoms with Gasteiger partial charge in [0.25, 0.3) is 5.91 Å². The van der Waals surface area contributed by atoms with Gasteiger partial charge in [-0.15, -0.1) is 0 Å². The van der Waals surface area contributed by atoms with Gasteiger partial charge in [0.1, 0.15) is 5.69 Å². The third-order valence-corrected chi connectivity index (χ3v) is 4.77. The van der Waals surface area contributed by atoms with Gasteiger partial charge in [-0.1, -0.05) is 24.3 Å². The molecule has 0 bridgehead atoms. The van der Waals surface area contributed by atoms with Crippen molar-refractivity contribution in [1.29, 1.82) is 0 Å². The number of esters is 1. The number of hydrogen-bond acceptors (Lipinski definition) is 3. The molecule has 0 aliphatic heterocycles. The minimum absolute atomic E-state index is 0.336. The maximum Gasteiger partial charge on any atom is 0.355 e. The first-order chi connectivity index (χ1) is 12.6. The van der Waals surface area contributed by atoms with E-state index in [1.165, 1.54) is 11.1 Å². The van der Waals surface area contributed by atoms with Gasteiger partial charge in [-0.25, -0.2) is 4.79 Å². The number of nitrogens with one attached hydrogen (secondary N) is 2. The van der Waals surface area contributed by atoms with Crippen LogP contribution < -0.4 is 5.32 Å². The summed E-state index contributed by atoms with van der Waals surface area (Å²) in [5.74, 6) is -0.884. The SMILES string of the molecule is C[C@H](OC(=O)c1cc2ccccc2[nH]1)C(=O)Nc1ccc2c(c1)CCC2. The Morgan fingerprint density at radius 2 is 1.88 bits per heavy atom. The molecule has 5 nitrogen and oxygen atoms in total. The summed E-state index contributed by atoms with van der Waals surface area (Å²) in [6.07, 6.45) is 2.42. The van der Waals surface area contributed by atoms with E-state index in [1.807, 2.05) is 36.4 Å². The van der Waals surface area contributed by atoms with Crippen LogP contribution in [-0.4, -0.2) is 23.0 Å². The zero-order valence-electron chi connectivity index (χ0n) is 14.5. The number of amides is 1. The third-order valence-electron chi connectivity index (χ3n) is 4.77. The van der Waals surface area contributed by atoms with E-state index in [-0.39, 0.29) is 5.91 Å². The highest BCUT2D eigenvalue weighted by Gasteiger charge is 2.21. The van der Waals surface area contributed by atoms with Gasteiger partial charge < -0.3 is 15.0 Å². The van der Waals surface area contributed by atoms with Crippen LogP contribution >= 0.6 is 0 Å². The summed E-state index contributed by atoms with van der Waals surface area (Å²) in [4.78, 5) is 27.7. The van der Waals surface area contributed by atoms with Crippen molar-refractivity contribution in [3.05, 3.63) is 65.4 Å². The van der Waals surface area contributed by atoms with E-state index in [0.29, 0.717) is 5.69 Å². The summed E-state index contributed by atoms with van der Waals surface area (Å²) in [6.45, 7) is 1.57. The molecule has 2 aromatic carbocycles. The highest BCUT2D eigenvalue weighted by Crippen LogP contribution is 2.25. The molecule has 3 aromatic rings. The minimum atomic E-state index is -0.887. The monoisotopic (exact) mass is 348 g/mol. The molecule has 132 valence electrons. The lowest BCUT2D eigenvalue weighted by Crippen LogP contribution is -2.30. The number of ether oxygens (including phenoxy) is 1. The molecule has 1 aliphatic carbocycles. The Morgan fingerprint density at radius 1 is 1.08 bits per heavy atom. The van der Waals surface area contributed by atoms with Crippen LogP contribution in [0, 0.1) is 0 Å². The number of carbonyl (C=O) groups is 2. The molecule has 0 saturated carbocycles. The van der Waals surface area contributed by atoms with Crippen LogP contribution in [0.4, 0.5) is 5.69 Å². The number of aromatic nitrogens is 1. The van der Waals surface area contributed by atoms with Crippen LogP contribution in [0.5, 0.6) is 0 Å². The predicted molar refractivity (Wildman–Crippen MR) is 100 cm³/mol. The van der Waals surface area contributed by atoms with Crippen molar-refractivity contribution in [2.45, 2.75) is 32.3 Å². The summed E-state index contributed by atoms with van der Waals surface area (Å²) in [6, 6.07) is 15.3. The van der Waals surface area contributed by atoms with Gasteiger partial charge in [-0.05, 0) is 61.6 Å². The van der Waals surface area contributed by atoms with E-state index in [1.54, 1.807) is 13.0 Å². The van der Waals surface area contributed by atoms with E-state index in [0.717, 1.165) is 35.9 Å². The van der Waals surface area contributed by atoms with E-state index in [4.69, 9.17) is 4.74 Å². The van der Waals surface area contributed by atoms with Gasteiger partial charge in [0.15, 0.2) is 6.10 Å². The Labute approximate surface area is 151 Å². The molecule has 0 unspecified atom stereocenters. The number of carbonyl (C=O) groups excluding carboxylic acids is 2. The number of anilines is 1. The van der Waals surface area contributed by atoms with Crippen LogP contribution in [0.25, 0.3) is 10.9 Å². The largest absolute Gasteiger partial charge is 0.448 e. The summed E-state index contributed by atoms with van der Waals surface area (Å²) in [7, 11) is 0. The molecule has 1 amide bonds. The van der Waals surface area contributed by atoms with Crippen LogP contribution in [0.15, 0.2) is 48.5 Å². The van der Waals surface area contributed by atoms with Gasteiger partial charge in [0.05, 0.1) is 0 Å². The normalized spacial score (nSPS) is 14.0. The molecule has 0 spiro atoms. The maximum absolute atomic E-state index is 12.4. The molecule has 1 aromatic heterocycles. The van der Waals surface area contributed by atoms with Crippen molar-refractivity contribution in [3.8, 4) is 0 Å². The van der Waals surface area contributed by atoms with Crippen molar-refractivity contribution in [2.24, 2.45) is 0 Å². The second-order valence-corrected chi connectivity index (χ2v) is 6.64. The van der Waals surface area contributed by atoms with Crippen molar-refractivity contribution in [2.75, 3.05) is 5.32 Å². The fourth-order valence-corrected chi connectivity index (χ4v) is 3.35. The first-order valence-electron chi connectivity index (χ1n) is 8.81. The Kier molecular flexibility index (Phi) is 4.21. The lowest BCUT2D eigenvalue weighted by Gasteiger charge is -2.13. The van der Waals surface area contributed by atoms with Crippen molar-refractivity contribution < 1.29 is 14.3 Å². The number of aryl methyl sites for hydroxylation is 2. The molecule has 5 heteroatoms. The second-order valence-electron chi connectivity index (χ2n) is 6.64. The number of H-pyrrole nitrogens is 1. The number of hydrogen-bond donors (Lipinski definition) is 2. The number of aromatic amines is 1. The predicted octanol–water partition coefficient (Wildman–Crippen LogP) is 3.84. The first-order valence-corrected chi connectivity index (χ1v) is 8.81. The van der Waals surface area contributed by atoms with Crippen LogP contribution in [0.1, 0.15) is 35.0 Å². The van der Waals surface area contributed by atoms with Crippen LogP contribution in [-0.2, 0) is 22.4 Å². The van der Waals surface area contributed by atoms with Crippen LogP contribution in [0.3, 0.4) is 0 Å². The van der Waals surface area contributed by atoms with Gasteiger partial charge in [0.2, 0.25) is 0 Å². The quantitative estimate of drug-likeness (QED) is 0.704. The van der Waals surface area contributed by atoms with Crippen molar-refractivity contribution in [1.82, 2.24) is 4.98 Å². The first kappa shape index (κ1) is 16.4. The third kappa shape index (κ3) is 3.20. The zero-order chi connectivity index (χ0) is 18.1. The van der Waals surface area contributed by atoms with Gasteiger partial charge in [-0.3, -0.25) is 4.79 Å². The fraction of sp³-hybridized carbons (Fsp3) is 0.238. The summed E-state index contributed by atoms with van der Waals surface area (Å²) >= 11 is 0.